The molecule has 1 N–H and O–H groups in total. The summed E-state index contributed by atoms with van der Waals surface area (Å²) in [4.78, 5) is 33.3. The first-order valence-electron chi connectivity index (χ1n) is 12.8. The minimum Gasteiger partial charge on any atom is -0.341 e. The lowest BCUT2D eigenvalue weighted by atomic mass is 9.91. The highest BCUT2D eigenvalue weighted by molar-refractivity contribution is 5.90. The van der Waals surface area contributed by atoms with Crippen LogP contribution in [0.4, 0.5) is 0 Å². The summed E-state index contributed by atoms with van der Waals surface area (Å²) in [5.74, 6) is 1.87. The van der Waals surface area contributed by atoms with Crippen molar-refractivity contribution in [1.82, 2.24) is 20.0 Å². The number of rotatable bonds is 10. The molecule has 6 heteroatoms. The van der Waals surface area contributed by atoms with Crippen molar-refractivity contribution in [3.05, 3.63) is 0 Å². The van der Waals surface area contributed by atoms with E-state index in [9.17, 15) is 9.59 Å². The monoisotopic (exact) mass is 434 g/mol. The van der Waals surface area contributed by atoms with Gasteiger partial charge in [0, 0.05) is 32.2 Å². The zero-order valence-electron chi connectivity index (χ0n) is 20.6. The molecule has 0 radical (unpaired) electrons. The number of hydrogen-bond donors (Lipinski definition) is 1. The molecule has 2 heterocycles. The normalized spacial score (nSPS) is 24.5. The fraction of sp³-hybridized carbons (Fsp3) is 0.920. The summed E-state index contributed by atoms with van der Waals surface area (Å²) in [7, 11) is 2.25. The van der Waals surface area contributed by atoms with E-state index in [2.05, 4.69) is 49.9 Å². The van der Waals surface area contributed by atoms with Gasteiger partial charge in [-0.2, -0.15) is 0 Å². The third-order valence-corrected chi connectivity index (χ3v) is 7.37. The molecule has 3 rings (SSSR count). The number of piperidine rings is 1. The third-order valence-electron chi connectivity index (χ3n) is 7.37. The van der Waals surface area contributed by atoms with E-state index in [-0.39, 0.29) is 23.9 Å². The standard InChI is InChI=1S/C25H46N4O2/c1-18(2)16-22-24(30)29(15-11-26-22)23(17-19(3)4)25(31)28-13-9-20(10-14-28)8-12-27(5)21-6-7-21/h18-23,26H,6-17H2,1-5H3/t22-,23-/m0/s1. The number of nitrogens with zero attached hydrogens (tertiary/aromatic N) is 3. The maximum absolute atomic E-state index is 13.6. The van der Waals surface area contributed by atoms with Gasteiger partial charge in [0.05, 0.1) is 6.04 Å². The van der Waals surface area contributed by atoms with Crippen molar-refractivity contribution in [2.45, 2.75) is 90.8 Å². The van der Waals surface area contributed by atoms with E-state index in [0.29, 0.717) is 18.4 Å². The molecule has 3 fully saturated rings. The lowest BCUT2D eigenvalue weighted by molar-refractivity contribution is -0.150. The predicted octanol–water partition coefficient (Wildman–Crippen LogP) is 2.97. The SMILES string of the molecule is CC(C)C[C@@H]1NCCN([C@@H](CC(C)C)C(=O)N2CCC(CCN(C)C3CC3)CC2)C1=O. The summed E-state index contributed by atoms with van der Waals surface area (Å²) < 4.78 is 0. The fourth-order valence-electron chi connectivity index (χ4n) is 5.27. The molecule has 3 aliphatic rings. The lowest BCUT2D eigenvalue weighted by Crippen LogP contribution is -2.62. The Labute approximate surface area is 190 Å². The van der Waals surface area contributed by atoms with Gasteiger partial charge < -0.3 is 20.0 Å². The van der Waals surface area contributed by atoms with Crippen LogP contribution in [0.1, 0.15) is 72.6 Å². The number of hydrogen-bond acceptors (Lipinski definition) is 4. The quantitative estimate of drug-likeness (QED) is 0.574. The molecule has 0 aromatic heterocycles. The van der Waals surface area contributed by atoms with Crippen molar-refractivity contribution in [2.24, 2.45) is 17.8 Å². The molecule has 0 unspecified atom stereocenters. The molecule has 0 aromatic rings. The number of carbonyl (C=O) groups excluding carboxylic acids is 2. The van der Waals surface area contributed by atoms with E-state index in [1.165, 1.54) is 25.8 Å². The smallest absolute Gasteiger partial charge is 0.245 e. The Morgan fingerprint density at radius 1 is 1.06 bits per heavy atom. The summed E-state index contributed by atoms with van der Waals surface area (Å²) >= 11 is 0. The van der Waals surface area contributed by atoms with Gasteiger partial charge in [-0.3, -0.25) is 9.59 Å². The molecular formula is C25H46N4O2. The van der Waals surface area contributed by atoms with E-state index < -0.39 is 0 Å². The van der Waals surface area contributed by atoms with Crippen LogP contribution in [-0.4, -0.2) is 84.4 Å². The molecule has 31 heavy (non-hydrogen) atoms. The van der Waals surface area contributed by atoms with Gasteiger partial charge in [-0.1, -0.05) is 27.7 Å². The number of amides is 2. The van der Waals surface area contributed by atoms with Crippen molar-refractivity contribution in [2.75, 3.05) is 39.8 Å². The van der Waals surface area contributed by atoms with Gasteiger partial charge in [0.25, 0.3) is 0 Å². The second-order valence-corrected chi connectivity index (χ2v) is 11.1. The Balaban J connectivity index is 1.56. The average molecular weight is 435 g/mol. The molecule has 0 spiro atoms. The average Bonchev–Trinajstić information content (AvgIpc) is 3.57. The molecule has 0 bridgehead atoms. The third kappa shape index (κ3) is 6.92. The minimum atomic E-state index is -0.304. The largest absolute Gasteiger partial charge is 0.341 e. The van der Waals surface area contributed by atoms with Crippen molar-refractivity contribution in [3.63, 3.8) is 0 Å². The van der Waals surface area contributed by atoms with Crippen molar-refractivity contribution >= 4 is 11.8 Å². The van der Waals surface area contributed by atoms with Gasteiger partial charge in [-0.15, -0.1) is 0 Å². The summed E-state index contributed by atoms with van der Waals surface area (Å²) in [5, 5.41) is 3.38. The van der Waals surface area contributed by atoms with E-state index in [1.54, 1.807) is 0 Å². The van der Waals surface area contributed by atoms with Gasteiger partial charge in [0.15, 0.2) is 0 Å². The Morgan fingerprint density at radius 3 is 2.32 bits per heavy atom. The highest BCUT2D eigenvalue weighted by Crippen LogP contribution is 2.28. The van der Waals surface area contributed by atoms with Crippen LogP contribution in [-0.2, 0) is 9.59 Å². The van der Waals surface area contributed by atoms with E-state index in [1.807, 2.05) is 4.90 Å². The van der Waals surface area contributed by atoms with Crippen LogP contribution in [0.15, 0.2) is 0 Å². The van der Waals surface area contributed by atoms with Gasteiger partial charge in [-0.05, 0) is 76.3 Å². The van der Waals surface area contributed by atoms with Gasteiger partial charge >= 0.3 is 0 Å². The van der Waals surface area contributed by atoms with Crippen molar-refractivity contribution in [3.8, 4) is 0 Å². The lowest BCUT2D eigenvalue weighted by Gasteiger charge is -2.42. The molecule has 6 nitrogen and oxygen atoms in total. The van der Waals surface area contributed by atoms with Crippen LogP contribution < -0.4 is 5.32 Å². The van der Waals surface area contributed by atoms with E-state index >= 15 is 0 Å². The summed E-state index contributed by atoms with van der Waals surface area (Å²) in [6, 6.07) is 0.377. The first-order chi connectivity index (χ1) is 14.8. The van der Waals surface area contributed by atoms with Gasteiger partial charge in [0.1, 0.15) is 6.04 Å². The second-order valence-electron chi connectivity index (χ2n) is 11.1. The maximum atomic E-state index is 13.6. The molecule has 2 atom stereocenters. The second kappa shape index (κ2) is 11.1. The fourth-order valence-corrected chi connectivity index (χ4v) is 5.27. The Morgan fingerprint density at radius 2 is 1.74 bits per heavy atom. The summed E-state index contributed by atoms with van der Waals surface area (Å²) in [6.07, 6.45) is 7.77. The topological polar surface area (TPSA) is 55.9 Å². The Hall–Kier alpha value is -1.14. The Bertz CT molecular complexity index is 596. The minimum absolute atomic E-state index is 0.122. The van der Waals surface area contributed by atoms with Crippen molar-refractivity contribution < 1.29 is 9.59 Å². The number of likely N-dealkylation sites (tertiary alicyclic amines) is 1. The van der Waals surface area contributed by atoms with E-state index in [0.717, 1.165) is 57.3 Å². The predicted molar refractivity (Wildman–Crippen MR) is 126 cm³/mol. The molecule has 0 aromatic carbocycles. The summed E-state index contributed by atoms with van der Waals surface area (Å²) in [6.45, 7) is 12.9. The molecular weight excluding hydrogens is 388 g/mol. The summed E-state index contributed by atoms with van der Waals surface area (Å²) in [5.41, 5.74) is 0. The number of nitrogens with one attached hydrogen (secondary N) is 1. The van der Waals surface area contributed by atoms with Gasteiger partial charge in [-0.25, -0.2) is 0 Å². The highest BCUT2D eigenvalue weighted by atomic mass is 16.2. The first-order valence-corrected chi connectivity index (χ1v) is 12.8. The van der Waals surface area contributed by atoms with Gasteiger partial charge in [0.2, 0.25) is 11.8 Å². The molecule has 2 saturated heterocycles. The van der Waals surface area contributed by atoms with Crippen LogP contribution in [0.25, 0.3) is 0 Å². The van der Waals surface area contributed by atoms with Crippen LogP contribution in [0, 0.1) is 17.8 Å². The van der Waals surface area contributed by atoms with Crippen LogP contribution >= 0.6 is 0 Å². The van der Waals surface area contributed by atoms with Crippen molar-refractivity contribution in [1.29, 1.82) is 0 Å². The zero-order chi connectivity index (χ0) is 22.5. The number of piperazine rings is 1. The molecule has 1 saturated carbocycles. The number of carbonyl (C=O) groups is 2. The molecule has 178 valence electrons. The zero-order valence-corrected chi connectivity index (χ0v) is 20.6. The Kier molecular flexibility index (Phi) is 8.80. The first kappa shape index (κ1) is 24.5. The van der Waals surface area contributed by atoms with Crippen LogP contribution in [0.2, 0.25) is 0 Å². The highest BCUT2D eigenvalue weighted by Gasteiger charge is 2.39. The van der Waals surface area contributed by atoms with Crippen LogP contribution in [0.3, 0.4) is 0 Å². The molecule has 2 aliphatic heterocycles. The maximum Gasteiger partial charge on any atom is 0.245 e. The molecule has 1 aliphatic carbocycles. The van der Waals surface area contributed by atoms with Crippen LogP contribution in [0.5, 0.6) is 0 Å². The van der Waals surface area contributed by atoms with E-state index in [4.69, 9.17) is 0 Å². The molecule has 2 amide bonds.